The van der Waals surface area contributed by atoms with E-state index in [4.69, 9.17) is 4.74 Å². The Balaban J connectivity index is 2.08. The summed E-state index contributed by atoms with van der Waals surface area (Å²) < 4.78 is 5.65. The van der Waals surface area contributed by atoms with E-state index in [2.05, 4.69) is 22.4 Å². The van der Waals surface area contributed by atoms with Crippen LogP contribution in [-0.2, 0) is 0 Å². The minimum absolute atomic E-state index is 0.228. The van der Waals surface area contributed by atoms with Crippen LogP contribution < -0.4 is 10.1 Å². The Hall–Kier alpha value is -1.95. The van der Waals surface area contributed by atoms with Crippen molar-refractivity contribution in [3.63, 3.8) is 0 Å². The molecular weight excluding hydrogens is 274 g/mol. The number of carbonyl (C=O) groups excluding carboxylic acids is 1. The number of para-hydroxylation sites is 1. The van der Waals surface area contributed by atoms with Gasteiger partial charge in [0.15, 0.2) is 0 Å². The molecule has 5 nitrogen and oxygen atoms in total. The monoisotopic (exact) mass is 291 g/mol. The molecule has 0 bridgehead atoms. The quantitative estimate of drug-likeness (QED) is 0.830. The van der Waals surface area contributed by atoms with Gasteiger partial charge in [0.1, 0.15) is 10.8 Å². The van der Waals surface area contributed by atoms with Gasteiger partial charge in [-0.15, -0.1) is 10.2 Å². The smallest absolute Gasteiger partial charge is 0.261 e. The Morgan fingerprint density at radius 3 is 2.85 bits per heavy atom. The number of anilines is 1. The lowest BCUT2D eigenvalue weighted by Gasteiger charge is -2.10. The highest BCUT2D eigenvalue weighted by molar-refractivity contribution is 7.15. The summed E-state index contributed by atoms with van der Waals surface area (Å²) in [4.78, 5) is 12.2. The largest absolute Gasteiger partial charge is 0.493 e. The van der Waals surface area contributed by atoms with Crippen molar-refractivity contribution in [3.8, 4) is 5.75 Å². The molecule has 1 amide bonds. The summed E-state index contributed by atoms with van der Waals surface area (Å²) >= 11 is 1.34. The molecule has 0 fully saturated rings. The van der Waals surface area contributed by atoms with E-state index >= 15 is 0 Å². The lowest BCUT2D eigenvalue weighted by atomic mass is 10.2. The average Bonchev–Trinajstić information content (AvgIpc) is 2.85. The SMILES string of the molecule is CCCCOc1ccccc1C(=O)Nc1nnc(C)s1. The van der Waals surface area contributed by atoms with Gasteiger partial charge in [0.2, 0.25) is 5.13 Å². The second kappa shape index (κ2) is 7.00. The van der Waals surface area contributed by atoms with Crippen molar-refractivity contribution in [2.24, 2.45) is 0 Å². The highest BCUT2D eigenvalue weighted by atomic mass is 32.1. The van der Waals surface area contributed by atoms with Gasteiger partial charge in [0, 0.05) is 0 Å². The molecule has 0 radical (unpaired) electrons. The Labute approximate surface area is 122 Å². The maximum absolute atomic E-state index is 12.2. The van der Waals surface area contributed by atoms with Gasteiger partial charge >= 0.3 is 0 Å². The topological polar surface area (TPSA) is 64.1 Å². The highest BCUT2D eigenvalue weighted by Gasteiger charge is 2.13. The zero-order valence-electron chi connectivity index (χ0n) is 11.5. The van der Waals surface area contributed by atoms with Crippen LogP contribution in [0.4, 0.5) is 5.13 Å². The minimum Gasteiger partial charge on any atom is -0.493 e. The maximum Gasteiger partial charge on any atom is 0.261 e. The first-order valence-electron chi connectivity index (χ1n) is 6.54. The normalized spacial score (nSPS) is 10.3. The minimum atomic E-state index is -0.228. The van der Waals surface area contributed by atoms with E-state index in [9.17, 15) is 4.79 Å². The number of aromatic nitrogens is 2. The summed E-state index contributed by atoms with van der Waals surface area (Å²) in [6.07, 6.45) is 2.02. The van der Waals surface area contributed by atoms with Crippen LogP contribution in [-0.4, -0.2) is 22.7 Å². The summed E-state index contributed by atoms with van der Waals surface area (Å²) in [5, 5.41) is 11.8. The third-order valence-corrected chi connectivity index (χ3v) is 3.39. The molecule has 0 aliphatic heterocycles. The van der Waals surface area contributed by atoms with Crippen molar-refractivity contribution in [2.75, 3.05) is 11.9 Å². The van der Waals surface area contributed by atoms with Crippen LogP contribution in [0.3, 0.4) is 0 Å². The summed E-state index contributed by atoms with van der Waals surface area (Å²) in [5.41, 5.74) is 0.511. The van der Waals surface area contributed by atoms with Crippen LogP contribution in [0.2, 0.25) is 0 Å². The zero-order chi connectivity index (χ0) is 14.4. The summed E-state index contributed by atoms with van der Waals surface area (Å²) in [6.45, 7) is 4.55. The van der Waals surface area contributed by atoms with Crippen molar-refractivity contribution >= 4 is 22.4 Å². The van der Waals surface area contributed by atoms with Gasteiger partial charge < -0.3 is 4.74 Å². The predicted molar refractivity (Wildman–Crippen MR) is 79.4 cm³/mol. The van der Waals surface area contributed by atoms with Gasteiger partial charge in [-0.25, -0.2) is 0 Å². The van der Waals surface area contributed by atoms with E-state index in [1.807, 2.05) is 19.1 Å². The molecule has 0 spiro atoms. The number of carbonyl (C=O) groups is 1. The van der Waals surface area contributed by atoms with Gasteiger partial charge in [-0.2, -0.15) is 0 Å². The van der Waals surface area contributed by atoms with Crippen LogP contribution in [0.25, 0.3) is 0 Å². The van der Waals surface area contributed by atoms with Crippen molar-refractivity contribution in [1.29, 1.82) is 0 Å². The van der Waals surface area contributed by atoms with Crippen molar-refractivity contribution < 1.29 is 9.53 Å². The number of aryl methyl sites for hydroxylation is 1. The van der Waals surface area contributed by atoms with Gasteiger partial charge in [-0.1, -0.05) is 36.8 Å². The zero-order valence-corrected chi connectivity index (χ0v) is 12.4. The average molecular weight is 291 g/mol. The van der Waals surface area contributed by atoms with Crippen LogP contribution in [0.5, 0.6) is 5.75 Å². The van der Waals surface area contributed by atoms with Crippen molar-refractivity contribution in [2.45, 2.75) is 26.7 Å². The summed E-state index contributed by atoms with van der Waals surface area (Å²) in [6, 6.07) is 7.21. The molecule has 6 heteroatoms. The number of rotatable bonds is 6. The molecule has 1 N–H and O–H groups in total. The molecule has 20 heavy (non-hydrogen) atoms. The van der Waals surface area contributed by atoms with Gasteiger partial charge in [0.25, 0.3) is 5.91 Å². The Kier molecular flexibility index (Phi) is 5.06. The second-order valence-electron chi connectivity index (χ2n) is 4.28. The molecule has 1 aromatic carbocycles. The molecule has 2 rings (SSSR count). The number of nitrogens with zero attached hydrogens (tertiary/aromatic N) is 2. The summed E-state index contributed by atoms with van der Waals surface area (Å²) in [7, 11) is 0. The van der Waals surface area contributed by atoms with E-state index in [1.165, 1.54) is 11.3 Å². The number of amides is 1. The van der Waals surface area contributed by atoms with Crippen molar-refractivity contribution in [1.82, 2.24) is 10.2 Å². The molecule has 0 atom stereocenters. The Morgan fingerprint density at radius 2 is 2.15 bits per heavy atom. The van der Waals surface area contributed by atoms with Crippen molar-refractivity contribution in [3.05, 3.63) is 34.8 Å². The number of nitrogens with one attached hydrogen (secondary N) is 1. The summed E-state index contributed by atoms with van der Waals surface area (Å²) in [5.74, 6) is 0.368. The van der Waals surface area contributed by atoms with Crippen LogP contribution in [0.15, 0.2) is 24.3 Å². The molecule has 106 valence electrons. The fourth-order valence-electron chi connectivity index (χ4n) is 1.62. The van der Waals surface area contributed by atoms with Gasteiger partial charge in [-0.3, -0.25) is 10.1 Å². The van der Waals surface area contributed by atoms with E-state index in [-0.39, 0.29) is 5.91 Å². The molecule has 0 saturated carbocycles. The Bertz CT molecular complexity index is 583. The molecule has 2 aromatic rings. The van der Waals surface area contributed by atoms with Gasteiger partial charge in [0.05, 0.1) is 12.2 Å². The fraction of sp³-hybridized carbons (Fsp3) is 0.357. The van der Waals surface area contributed by atoms with E-state index < -0.39 is 0 Å². The van der Waals surface area contributed by atoms with Crippen LogP contribution in [0.1, 0.15) is 35.1 Å². The third-order valence-electron chi connectivity index (χ3n) is 2.63. The number of unbranched alkanes of at least 4 members (excludes halogenated alkanes) is 1. The molecule has 0 saturated heterocycles. The standard InChI is InChI=1S/C14H17N3O2S/c1-3-4-9-19-12-8-6-5-7-11(12)13(18)15-14-17-16-10(2)20-14/h5-8H,3-4,9H2,1-2H3,(H,15,17,18). The first-order valence-corrected chi connectivity index (χ1v) is 7.35. The lowest BCUT2D eigenvalue weighted by molar-refractivity contribution is 0.102. The van der Waals surface area contributed by atoms with E-state index in [0.29, 0.717) is 23.1 Å². The third kappa shape index (κ3) is 3.77. The number of hydrogen-bond donors (Lipinski definition) is 1. The van der Waals surface area contributed by atoms with Gasteiger partial charge in [-0.05, 0) is 25.5 Å². The lowest BCUT2D eigenvalue weighted by Crippen LogP contribution is -2.13. The molecule has 1 heterocycles. The second-order valence-corrected chi connectivity index (χ2v) is 5.46. The Morgan fingerprint density at radius 1 is 1.35 bits per heavy atom. The number of benzene rings is 1. The molecular formula is C14H17N3O2S. The first-order chi connectivity index (χ1) is 9.70. The first kappa shape index (κ1) is 14.5. The van der Waals surface area contributed by atoms with Crippen LogP contribution >= 0.6 is 11.3 Å². The number of ether oxygens (including phenoxy) is 1. The molecule has 0 aliphatic carbocycles. The predicted octanol–water partition coefficient (Wildman–Crippen LogP) is 3.28. The van der Waals surface area contributed by atoms with E-state index in [0.717, 1.165) is 17.8 Å². The number of hydrogen-bond acceptors (Lipinski definition) is 5. The molecule has 0 unspecified atom stereocenters. The highest BCUT2D eigenvalue weighted by Crippen LogP contribution is 2.21. The fourth-order valence-corrected chi connectivity index (χ4v) is 2.20. The van der Waals surface area contributed by atoms with E-state index in [1.54, 1.807) is 12.1 Å². The van der Waals surface area contributed by atoms with Crippen LogP contribution in [0, 0.1) is 6.92 Å². The maximum atomic E-state index is 12.2. The molecule has 0 aliphatic rings. The molecule has 1 aromatic heterocycles.